The van der Waals surface area contributed by atoms with Crippen LogP contribution in [0.15, 0.2) is 30.3 Å². The fraction of sp³-hybridized carbons (Fsp3) is 0.450. The number of hydrogen-bond donors (Lipinski definition) is 1. The highest BCUT2D eigenvalue weighted by molar-refractivity contribution is 5.93. The highest BCUT2D eigenvalue weighted by atomic mass is 16.5. The van der Waals surface area contributed by atoms with Crippen molar-refractivity contribution >= 4 is 11.9 Å². The molecule has 1 aromatic heterocycles. The highest BCUT2D eigenvalue weighted by Crippen LogP contribution is 2.18. The average Bonchev–Trinajstić information content (AvgIpc) is 3.22. The minimum absolute atomic E-state index is 0.221. The van der Waals surface area contributed by atoms with Crippen LogP contribution in [0, 0.1) is 13.8 Å². The van der Waals surface area contributed by atoms with Gasteiger partial charge in [-0.05, 0) is 32.3 Å². The molecule has 1 aromatic carbocycles. The summed E-state index contributed by atoms with van der Waals surface area (Å²) in [5.41, 5.74) is 2.90. The average molecular weight is 355 g/mol. The van der Waals surface area contributed by atoms with Crippen LogP contribution in [0.2, 0.25) is 0 Å². The van der Waals surface area contributed by atoms with Crippen molar-refractivity contribution in [3.8, 4) is 0 Å². The van der Waals surface area contributed by atoms with Crippen molar-refractivity contribution < 1.29 is 14.3 Å². The number of amides is 1. The Hall–Kier alpha value is -2.63. The molecular weight excluding hydrogens is 330 g/mol. The molecule has 0 spiro atoms. The van der Waals surface area contributed by atoms with Crippen molar-refractivity contribution in [3.05, 3.63) is 52.8 Å². The maximum atomic E-state index is 12.4. The van der Waals surface area contributed by atoms with Gasteiger partial charge in [-0.15, -0.1) is 0 Å². The fourth-order valence-corrected chi connectivity index (χ4v) is 3.45. The Morgan fingerprint density at radius 3 is 2.58 bits per heavy atom. The Kier molecular flexibility index (Phi) is 5.71. The molecule has 1 heterocycles. The first-order valence-corrected chi connectivity index (χ1v) is 9.09. The third-order valence-electron chi connectivity index (χ3n) is 4.82. The van der Waals surface area contributed by atoms with E-state index in [-0.39, 0.29) is 18.6 Å². The lowest BCUT2D eigenvalue weighted by molar-refractivity contribution is -0.124. The van der Waals surface area contributed by atoms with E-state index in [1.165, 1.54) is 0 Å². The molecule has 1 saturated carbocycles. The molecule has 0 aliphatic heterocycles. The van der Waals surface area contributed by atoms with E-state index in [1.807, 2.05) is 37.3 Å². The van der Waals surface area contributed by atoms with Gasteiger partial charge in [0.2, 0.25) is 0 Å². The largest absolute Gasteiger partial charge is 0.452 e. The summed E-state index contributed by atoms with van der Waals surface area (Å²) >= 11 is 0. The second-order valence-electron chi connectivity index (χ2n) is 6.81. The van der Waals surface area contributed by atoms with Crippen molar-refractivity contribution in [3.63, 3.8) is 0 Å². The van der Waals surface area contributed by atoms with Crippen LogP contribution >= 0.6 is 0 Å². The van der Waals surface area contributed by atoms with Gasteiger partial charge in [-0.1, -0.05) is 43.2 Å². The molecule has 6 heteroatoms. The Labute approximate surface area is 153 Å². The van der Waals surface area contributed by atoms with Gasteiger partial charge in [-0.3, -0.25) is 9.48 Å². The summed E-state index contributed by atoms with van der Waals surface area (Å²) < 4.78 is 7.01. The Morgan fingerprint density at radius 1 is 1.19 bits per heavy atom. The lowest BCUT2D eigenvalue weighted by Crippen LogP contribution is -2.36. The summed E-state index contributed by atoms with van der Waals surface area (Å²) in [6.07, 6.45) is 4.29. The number of hydrogen-bond acceptors (Lipinski definition) is 4. The second-order valence-corrected chi connectivity index (χ2v) is 6.81. The SMILES string of the molecule is Cc1nn(Cc2ccccc2)c(C)c1C(=O)OCC(=O)NC1CCCC1. The number of nitrogens with zero attached hydrogens (tertiary/aromatic N) is 2. The molecular formula is C20H25N3O3. The molecule has 1 N–H and O–H groups in total. The molecule has 0 unspecified atom stereocenters. The Bertz CT molecular complexity index is 777. The zero-order chi connectivity index (χ0) is 18.5. The van der Waals surface area contributed by atoms with E-state index in [0.717, 1.165) is 36.9 Å². The maximum Gasteiger partial charge on any atom is 0.342 e. The molecule has 138 valence electrons. The molecule has 0 radical (unpaired) electrons. The quantitative estimate of drug-likeness (QED) is 0.809. The van der Waals surface area contributed by atoms with Gasteiger partial charge in [0.25, 0.3) is 5.91 Å². The molecule has 0 bridgehead atoms. The second kappa shape index (κ2) is 8.17. The number of rotatable bonds is 6. The Balaban J connectivity index is 1.61. The van der Waals surface area contributed by atoms with Crippen molar-refractivity contribution in [1.82, 2.24) is 15.1 Å². The zero-order valence-electron chi connectivity index (χ0n) is 15.3. The predicted octanol–water partition coefficient (Wildman–Crippen LogP) is 2.76. The Morgan fingerprint density at radius 2 is 1.88 bits per heavy atom. The van der Waals surface area contributed by atoms with Crippen LogP contribution in [-0.2, 0) is 16.1 Å². The summed E-state index contributed by atoms with van der Waals surface area (Å²) in [4.78, 5) is 24.4. The topological polar surface area (TPSA) is 73.2 Å². The number of carbonyl (C=O) groups excluding carboxylic acids is 2. The van der Waals surface area contributed by atoms with Gasteiger partial charge in [0, 0.05) is 6.04 Å². The number of esters is 1. The third kappa shape index (κ3) is 4.31. The van der Waals surface area contributed by atoms with Gasteiger partial charge < -0.3 is 10.1 Å². The highest BCUT2D eigenvalue weighted by Gasteiger charge is 2.22. The third-order valence-corrected chi connectivity index (χ3v) is 4.82. The molecule has 3 rings (SSSR count). The lowest BCUT2D eigenvalue weighted by atomic mass is 10.2. The van der Waals surface area contributed by atoms with Crippen LogP contribution in [0.5, 0.6) is 0 Å². The van der Waals surface area contributed by atoms with Crippen molar-refractivity contribution in [2.24, 2.45) is 0 Å². The minimum Gasteiger partial charge on any atom is -0.452 e. The molecule has 26 heavy (non-hydrogen) atoms. The number of benzene rings is 1. The summed E-state index contributed by atoms with van der Waals surface area (Å²) in [6, 6.07) is 10.2. The first-order valence-electron chi connectivity index (χ1n) is 9.09. The first-order chi connectivity index (χ1) is 12.5. The van der Waals surface area contributed by atoms with Gasteiger partial charge in [0.1, 0.15) is 5.56 Å². The van der Waals surface area contributed by atoms with E-state index < -0.39 is 5.97 Å². The van der Waals surface area contributed by atoms with Crippen LogP contribution in [-0.4, -0.2) is 34.3 Å². The van der Waals surface area contributed by atoms with Crippen molar-refractivity contribution in [2.45, 2.75) is 52.1 Å². The van der Waals surface area contributed by atoms with E-state index in [1.54, 1.807) is 11.6 Å². The maximum absolute atomic E-state index is 12.4. The molecule has 1 aliphatic rings. The molecule has 1 aliphatic carbocycles. The lowest BCUT2D eigenvalue weighted by Gasteiger charge is -2.12. The summed E-state index contributed by atoms with van der Waals surface area (Å²) in [5.74, 6) is -0.738. The standard InChI is InChI=1S/C20H25N3O3/c1-14-19(15(2)23(22-14)12-16-8-4-3-5-9-16)20(25)26-13-18(24)21-17-10-6-7-11-17/h3-5,8-9,17H,6-7,10-13H2,1-2H3,(H,21,24). The van der Waals surface area contributed by atoms with E-state index in [4.69, 9.17) is 4.74 Å². The number of aryl methyl sites for hydroxylation is 1. The molecule has 0 saturated heterocycles. The predicted molar refractivity (Wildman–Crippen MR) is 97.9 cm³/mol. The normalized spacial score (nSPS) is 14.4. The number of ether oxygens (including phenoxy) is 1. The fourth-order valence-electron chi connectivity index (χ4n) is 3.45. The molecule has 1 fully saturated rings. The first kappa shape index (κ1) is 18.2. The summed E-state index contributed by atoms with van der Waals surface area (Å²) in [5, 5.41) is 7.37. The zero-order valence-corrected chi connectivity index (χ0v) is 15.3. The van der Waals surface area contributed by atoms with Crippen LogP contribution in [0.25, 0.3) is 0 Å². The molecule has 0 atom stereocenters. The van der Waals surface area contributed by atoms with Gasteiger partial charge >= 0.3 is 5.97 Å². The van der Waals surface area contributed by atoms with Crippen LogP contribution < -0.4 is 5.32 Å². The van der Waals surface area contributed by atoms with E-state index in [9.17, 15) is 9.59 Å². The van der Waals surface area contributed by atoms with Gasteiger partial charge in [-0.2, -0.15) is 5.10 Å². The van der Waals surface area contributed by atoms with Crippen LogP contribution in [0.4, 0.5) is 0 Å². The summed E-state index contributed by atoms with van der Waals surface area (Å²) in [6.45, 7) is 3.96. The molecule has 6 nitrogen and oxygen atoms in total. The van der Waals surface area contributed by atoms with Crippen LogP contribution in [0.1, 0.15) is 53.0 Å². The number of aromatic nitrogens is 2. The minimum atomic E-state index is -0.499. The monoisotopic (exact) mass is 355 g/mol. The molecule has 2 aromatic rings. The van der Waals surface area contributed by atoms with Gasteiger partial charge in [-0.25, -0.2) is 4.79 Å². The van der Waals surface area contributed by atoms with Crippen molar-refractivity contribution in [1.29, 1.82) is 0 Å². The van der Waals surface area contributed by atoms with Crippen molar-refractivity contribution in [2.75, 3.05) is 6.61 Å². The van der Waals surface area contributed by atoms with E-state index >= 15 is 0 Å². The summed E-state index contributed by atoms with van der Waals surface area (Å²) in [7, 11) is 0. The number of nitrogens with one attached hydrogen (secondary N) is 1. The van der Waals surface area contributed by atoms with E-state index in [2.05, 4.69) is 10.4 Å². The van der Waals surface area contributed by atoms with Crippen LogP contribution in [0.3, 0.4) is 0 Å². The smallest absolute Gasteiger partial charge is 0.342 e. The number of carbonyl (C=O) groups is 2. The van der Waals surface area contributed by atoms with E-state index in [0.29, 0.717) is 17.8 Å². The van der Waals surface area contributed by atoms with Gasteiger partial charge in [0.15, 0.2) is 6.61 Å². The van der Waals surface area contributed by atoms with Gasteiger partial charge in [0.05, 0.1) is 17.9 Å². The molecule has 1 amide bonds.